The van der Waals surface area contributed by atoms with Gasteiger partial charge >= 0.3 is 17.9 Å². The van der Waals surface area contributed by atoms with Crippen LogP contribution in [0.15, 0.2) is 23.3 Å². The van der Waals surface area contributed by atoms with Crippen LogP contribution >= 0.6 is 0 Å². The van der Waals surface area contributed by atoms with Gasteiger partial charge in [0.2, 0.25) is 0 Å². The van der Waals surface area contributed by atoms with Crippen molar-refractivity contribution in [1.82, 2.24) is 0 Å². The number of allylic oxidation sites excluding steroid dienone is 1. The monoisotopic (exact) mass is 390 g/mol. The minimum Gasteiger partial charge on any atom is -0.478 e. The summed E-state index contributed by atoms with van der Waals surface area (Å²) < 4.78 is 10.7. The molecule has 1 heterocycles. The van der Waals surface area contributed by atoms with Crippen LogP contribution in [0.4, 0.5) is 0 Å². The van der Waals surface area contributed by atoms with Gasteiger partial charge in [-0.1, -0.05) is 26.8 Å². The van der Waals surface area contributed by atoms with E-state index < -0.39 is 11.4 Å². The second kappa shape index (κ2) is 7.37. The molecular weight excluding hydrogens is 360 g/mol. The lowest BCUT2D eigenvalue weighted by Gasteiger charge is -2.59. The maximum Gasteiger partial charge on any atom is 0.334 e. The molecule has 0 unspecified atom stereocenters. The lowest BCUT2D eigenvalue weighted by molar-refractivity contribution is -0.171. The first-order valence-electron chi connectivity index (χ1n) is 10.1. The lowest BCUT2D eigenvalue weighted by Crippen LogP contribution is -2.56. The number of carbonyl (C=O) groups is 3. The van der Waals surface area contributed by atoms with Gasteiger partial charge in [-0.05, 0) is 55.4 Å². The summed E-state index contributed by atoms with van der Waals surface area (Å²) in [6.07, 6.45) is 6.75. The van der Waals surface area contributed by atoms with Crippen molar-refractivity contribution in [3.63, 3.8) is 0 Å². The Morgan fingerprint density at radius 3 is 2.61 bits per heavy atom. The van der Waals surface area contributed by atoms with Crippen LogP contribution in [0.5, 0.6) is 0 Å². The molecule has 0 aromatic carbocycles. The summed E-state index contributed by atoms with van der Waals surface area (Å²) >= 11 is 0. The summed E-state index contributed by atoms with van der Waals surface area (Å²) in [5.74, 6) is -1.31. The average molecular weight is 390 g/mol. The minimum atomic E-state index is -0.896. The number of rotatable bonds is 5. The number of hydrogen-bond donors (Lipinski definition) is 1. The van der Waals surface area contributed by atoms with Crippen molar-refractivity contribution in [1.29, 1.82) is 0 Å². The van der Waals surface area contributed by atoms with E-state index in [2.05, 4.69) is 13.8 Å². The van der Waals surface area contributed by atoms with Gasteiger partial charge in [-0.15, -0.1) is 0 Å². The van der Waals surface area contributed by atoms with Gasteiger partial charge in [-0.25, -0.2) is 9.59 Å². The summed E-state index contributed by atoms with van der Waals surface area (Å²) in [5.41, 5.74) is 0.273. The summed E-state index contributed by atoms with van der Waals surface area (Å²) in [5, 5.41) is 9.84. The molecule has 0 aromatic rings. The molecule has 0 amide bonds. The fourth-order valence-corrected chi connectivity index (χ4v) is 5.87. The highest BCUT2D eigenvalue weighted by Crippen LogP contribution is 2.62. The summed E-state index contributed by atoms with van der Waals surface area (Å²) in [4.78, 5) is 35.6. The second-order valence-corrected chi connectivity index (χ2v) is 8.94. The van der Waals surface area contributed by atoms with Gasteiger partial charge in [0.25, 0.3) is 0 Å². The van der Waals surface area contributed by atoms with Gasteiger partial charge in [0.1, 0.15) is 12.7 Å². The van der Waals surface area contributed by atoms with Crippen LogP contribution in [0.2, 0.25) is 0 Å². The molecule has 1 fully saturated rings. The second-order valence-electron chi connectivity index (χ2n) is 8.94. The predicted octanol–water partition coefficient (Wildman–Crippen LogP) is 3.65. The topological polar surface area (TPSA) is 89.9 Å². The first-order valence-corrected chi connectivity index (χ1v) is 10.1. The van der Waals surface area contributed by atoms with E-state index in [-0.39, 0.29) is 35.3 Å². The summed E-state index contributed by atoms with van der Waals surface area (Å²) in [6, 6.07) is 0. The molecule has 6 heteroatoms. The molecule has 0 spiro atoms. The highest BCUT2D eigenvalue weighted by molar-refractivity contribution is 5.90. The van der Waals surface area contributed by atoms with Crippen molar-refractivity contribution < 1.29 is 29.0 Å². The molecule has 1 N–H and O–H groups in total. The number of aliphatic carboxylic acids is 1. The van der Waals surface area contributed by atoms with Crippen molar-refractivity contribution in [2.45, 2.75) is 65.9 Å². The zero-order chi connectivity index (χ0) is 20.7. The highest BCUT2D eigenvalue weighted by atomic mass is 16.5. The van der Waals surface area contributed by atoms with Gasteiger partial charge < -0.3 is 14.6 Å². The number of esters is 2. The number of cyclic esters (lactones) is 1. The number of ether oxygens (including phenoxy) is 2. The molecule has 1 saturated carbocycles. The molecule has 0 radical (unpaired) electrons. The molecule has 28 heavy (non-hydrogen) atoms. The molecule has 2 aliphatic carbocycles. The Bertz CT molecular complexity index is 750. The first kappa shape index (κ1) is 20.6. The van der Waals surface area contributed by atoms with Crippen LogP contribution in [0.25, 0.3) is 0 Å². The van der Waals surface area contributed by atoms with Crippen LogP contribution in [-0.2, 0) is 23.9 Å². The van der Waals surface area contributed by atoms with Crippen molar-refractivity contribution in [2.75, 3.05) is 6.61 Å². The molecular formula is C22H30O6. The Kier molecular flexibility index (Phi) is 5.43. The third-order valence-corrected chi connectivity index (χ3v) is 7.49. The van der Waals surface area contributed by atoms with E-state index in [1.807, 2.05) is 19.1 Å². The van der Waals surface area contributed by atoms with E-state index in [9.17, 15) is 19.5 Å². The van der Waals surface area contributed by atoms with Crippen LogP contribution in [0.1, 0.15) is 59.8 Å². The predicted molar refractivity (Wildman–Crippen MR) is 102 cm³/mol. The van der Waals surface area contributed by atoms with E-state index >= 15 is 0 Å². The Morgan fingerprint density at radius 2 is 2.04 bits per heavy atom. The fourth-order valence-electron chi connectivity index (χ4n) is 5.87. The zero-order valence-corrected chi connectivity index (χ0v) is 17.1. The number of fused-ring (bicyclic) bond motifs is 1. The SMILES string of the molecule is CC(=O)O[C@H]1C[C@@]2(C)C(C(=O)O)=CCC[C@@H]2[C@@](C)(CCC2=CCOC2=O)[C@@H]1C. The number of carboxylic acid groups (broad SMARTS) is 1. The van der Waals surface area contributed by atoms with E-state index in [0.29, 0.717) is 30.6 Å². The van der Waals surface area contributed by atoms with Gasteiger partial charge in [0.05, 0.1) is 0 Å². The number of carboxylic acids is 1. The Morgan fingerprint density at radius 1 is 1.32 bits per heavy atom. The molecule has 6 nitrogen and oxygen atoms in total. The van der Waals surface area contributed by atoms with Crippen LogP contribution in [0.3, 0.4) is 0 Å². The van der Waals surface area contributed by atoms with E-state index in [1.54, 1.807) is 0 Å². The van der Waals surface area contributed by atoms with Crippen LogP contribution in [0, 0.1) is 22.7 Å². The first-order chi connectivity index (χ1) is 13.1. The third-order valence-electron chi connectivity index (χ3n) is 7.49. The quantitative estimate of drug-likeness (QED) is 0.721. The number of carbonyl (C=O) groups excluding carboxylic acids is 2. The molecule has 3 aliphatic rings. The molecule has 0 aromatic heterocycles. The van der Waals surface area contributed by atoms with E-state index in [0.717, 1.165) is 19.3 Å². The molecule has 5 atom stereocenters. The van der Waals surface area contributed by atoms with Gasteiger partial charge in [-0.2, -0.15) is 0 Å². The van der Waals surface area contributed by atoms with Gasteiger partial charge in [0, 0.05) is 23.5 Å². The standard InChI is InChI=1S/C22H30O6/c1-13-17(28-14(2)23)12-22(4)16(19(24)25)6-5-7-18(22)21(13,3)10-8-15-9-11-27-20(15)26/h6,9,13,17-18H,5,7-8,10-12H2,1-4H3,(H,24,25)/t13-,17+,18-,21+,22+/m1/s1. The molecule has 0 bridgehead atoms. The van der Waals surface area contributed by atoms with Crippen LogP contribution < -0.4 is 0 Å². The third kappa shape index (κ3) is 3.38. The van der Waals surface area contributed by atoms with Crippen LogP contribution in [-0.4, -0.2) is 35.7 Å². The number of hydrogen-bond acceptors (Lipinski definition) is 5. The van der Waals surface area contributed by atoms with E-state index in [1.165, 1.54) is 6.92 Å². The molecule has 154 valence electrons. The van der Waals surface area contributed by atoms with Gasteiger partial charge in [0.15, 0.2) is 0 Å². The summed E-state index contributed by atoms with van der Waals surface area (Å²) in [6.45, 7) is 7.98. The van der Waals surface area contributed by atoms with Crippen molar-refractivity contribution in [3.8, 4) is 0 Å². The maximum atomic E-state index is 12.0. The van der Waals surface area contributed by atoms with E-state index in [4.69, 9.17) is 9.47 Å². The lowest BCUT2D eigenvalue weighted by atomic mass is 9.46. The zero-order valence-electron chi connectivity index (χ0n) is 17.1. The molecule has 1 aliphatic heterocycles. The smallest absolute Gasteiger partial charge is 0.334 e. The largest absolute Gasteiger partial charge is 0.478 e. The Hall–Kier alpha value is -2.11. The van der Waals surface area contributed by atoms with Gasteiger partial charge in [-0.3, -0.25) is 4.79 Å². The Labute approximate surface area is 166 Å². The van der Waals surface area contributed by atoms with Crippen molar-refractivity contribution in [2.24, 2.45) is 22.7 Å². The molecule has 0 saturated heterocycles. The fraction of sp³-hybridized carbons (Fsp3) is 0.682. The maximum absolute atomic E-state index is 12.0. The average Bonchev–Trinajstić information content (AvgIpc) is 3.02. The van der Waals surface area contributed by atoms with Crippen molar-refractivity contribution >= 4 is 17.9 Å². The molecule has 3 rings (SSSR count). The van der Waals surface area contributed by atoms with Crippen molar-refractivity contribution in [3.05, 3.63) is 23.3 Å². The Balaban J connectivity index is 1.97. The minimum absolute atomic E-state index is 0.0562. The normalized spacial score (nSPS) is 37.4. The highest BCUT2D eigenvalue weighted by Gasteiger charge is 2.59. The summed E-state index contributed by atoms with van der Waals surface area (Å²) in [7, 11) is 0.